The molecule has 0 radical (unpaired) electrons. The largest absolute Gasteiger partial charge is 0.460 e. The van der Waals surface area contributed by atoms with E-state index in [4.69, 9.17) is 43.6 Å². The number of carbonyl (C=O) groups excluding carboxylic acids is 4. The van der Waals surface area contributed by atoms with Gasteiger partial charge in [-0.15, -0.1) is 0 Å². The molecule has 3 fully saturated rings. The minimum Gasteiger partial charge on any atom is -0.460 e. The summed E-state index contributed by atoms with van der Waals surface area (Å²) < 4.78 is 46.3. The number of cyclic esters (lactones) is 1. The molecule has 1 aliphatic carbocycles. The molecule has 2 saturated heterocycles. The summed E-state index contributed by atoms with van der Waals surface area (Å²) in [5, 5.41) is 61.2. The second kappa shape index (κ2) is 34.8. The Bertz CT molecular complexity index is 1990. The Balaban J connectivity index is 1.51. The lowest BCUT2D eigenvalue weighted by Crippen LogP contribution is -2.62. The first kappa shape index (κ1) is 68.0. The van der Waals surface area contributed by atoms with Gasteiger partial charge in [-0.05, 0) is 101 Å². The van der Waals surface area contributed by atoms with E-state index in [0.29, 0.717) is 97.2 Å². The number of hydrogen-bond acceptors (Lipinski definition) is 19. The summed E-state index contributed by atoms with van der Waals surface area (Å²) in [7, 11) is 3.12. The normalized spacial score (nSPS) is 36.5. The van der Waals surface area contributed by atoms with E-state index in [0.717, 1.165) is 12.0 Å². The number of amides is 1. The fourth-order valence-electron chi connectivity index (χ4n) is 11.2. The first-order chi connectivity index (χ1) is 37.6. The molecule has 452 valence electrons. The van der Waals surface area contributed by atoms with Gasteiger partial charge in [-0.25, -0.2) is 4.79 Å². The number of alkyl carbamates (subject to hydrolysis) is 1. The third-order valence-corrected chi connectivity index (χ3v) is 16.2. The SMILES string of the molecule is CCCOCCOCCOCCNC(=O)O[C@@H]1CC[C@@H](C[C@@H](N)[C@@H](O)C[C@H]2OC(=O)[C@@H]3CCCCN3C(O)C(=O)[C@]3(O)O[C@@H](CC[C@H]3C)C[C@H](OC)/C(C)=C/C=C/C=C/[C@@H](C)C[C@@H](C)C(=O)[C@H](O)[C@H](O)/C(C)=C/[C@H]2C)C[C@H]1OC. The number of ether oxygens (including phenoxy) is 8. The van der Waals surface area contributed by atoms with E-state index < -0.39 is 114 Å². The number of ketones is 2. The van der Waals surface area contributed by atoms with E-state index in [1.165, 1.54) is 4.90 Å². The molecule has 20 heteroatoms. The van der Waals surface area contributed by atoms with Gasteiger partial charge in [-0.3, -0.25) is 19.3 Å². The van der Waals surface area contributed by atoms with Crippen LogP contribution in [0.2, 0.25) is 0 Å². The van der Waals surface area contributed by atoms with Crippen molar-refractivity contribution in [2.24, 2.45) is 35.3 Å². The van der Waals surface area contributed by atoms with Crippen LogP contribution in [0.1, 0.15) is 132 Å². The third-order valence-electron chi connectivity index (χ3n) is 16.2. The number of esters is 1. The van der Waals surface area contributed by atoms with E-state index in [-0.39, 0.29) is 49.9 Å². The van der Waals surface area contributed by atoms with Crippen LogP contribution in [0, 0.1) is 29.6 Å². The summed E-state index contributed by atoms with van der Waals surface area (Å²) in [6, 6.07) is -1.95. The lowest BCUT2D eigenvalue weighted by Gasteiger charge is -2.45. The monoisotopic (exact) mass is 1120 g/mol. The highest BCUT2D eigenvalue weighted by Gasteiger charge is 2.53. The maximum Gasteiger partial charge on any atom is 0.407 e. The van der Waals surface area contributed by atoms with Crippen LogP contribution in [0.15, 0.2) is 47.6 Å². The molecule has 79 heavy (non-hydrogen) atoms. The van der Waals surface area contributed by atoms with Gasteiger partial charge in [0.1, 0.15) is 30.5 Å². The molecule has 3 aliphatic heterocycles. The molecule has 1 unspecified atom stereocenters. The topological polar surface area (TPSA) is 285 Å². The Morgan fingerprint density at radius 1 is 0.823 bits per heavy atom. The number of piperidine rings is 1. The number of nitrogens with one attached hydrogen (secondary N) is 1. The van der Waals surface area contributed by atoms with Crippen LogP contribution in [-0.2, 0) is 52.3 Å². The molecule has 0 aromatic heterocycles. The zero-order chi connectivity index (χ0) is 58.2. The van der Waals surface area contributed by atoms with Crippen LogP contribution < -0.4 is 11.1 Å². The summed E-state index contributed by atoms with van der Waals surface area (Å²) >= 11 is 0. The highest BCUT2D eigenvalue weighted by molar-refractivity contribution is 5.90. The molecule has 0 aromatic carbocycles. The van der Waals surface area contributed by atoms with Crippen molar-refractivity contribution < 1.29 is 82.6 Å². The summed E-state index contributed by atoms with van der Waals surface area (Å²) in [6.07, 6.45) is 6.58. The van der Waals surface area contributed by atoms with Gasteiger partial charge in [0, 0.05) is 70.6 Å². The molecule has 3 heterocycles. The second-order valence-corrected chi connectivity index (χ2v) is 22.6. The van der Waals surface area contributed by atoms with Gasteiger partial charge in [-0.2, -0.15) is 0 Å². The van der Waals surface area contributed by atoms with E-state index in [9.17, 15) is 44.7 Å². The van der Waals surface area contributed by atoms with Gasteiger partial charge >= 0.3 is 12.1 Å². The molecule has 2 bridgehead atoms. The van der Waals surface area contributed by atoms with Crippen LogP contribution in [0.25, 0.3) is 0 Å². The van der Waals surface area contributed by atoms with Crippen LogP contribution in [0.3, 0.4) is 0 Å². The van der Waals surface area contributed by atoms with Gasteiger partial charge in [0.05, 0.1) is 57.5 Å². The van der Waals surface area contributed by atoms with Crippen molar-refractivity contribution >= 4 is 23.6 Å². The maximum absolute atomic E-state index is 14.6. The minimum atomic E-state index is -2.38. The fourth-order valence-corrected chi connectivity index (χ4v) is 11.2. The van der Waals surface area contributed by atoms with E-state index in [1.807, 2.05) is 51.2 Å². The number of nitrogens with two attached hydrogens (primary N) is 1. The van der Waals surface area contributed by atoms with Crippen LogP contribution in [0.5, 0.6) is 0 Å². The standard InChI is InChI=1S/C59H99N3O17/c1-10-25-74-27-29-76-30-28-75-26-23-61-58(70)78-48-22-20-43(34-51(48)73-9)33-45(60)47(63)36-50-39(4)32-41(6)53(65)54(66)52(64)40(5)31-37(2)16-12-11-13-17-38(3)49(72-8)35-44-21-19-42(7)59(71,79-44)55(67)56(68)62-24-15-14-18-46(62)57(69)77-50/h11-13,16-17,32,37,39-40,42-51,53-54,56,63,65-66,68,71H,10,14-15,18-31,33-36,60H2,1-9H3,(H,61,70)/b13-11+,16-12+,38-17+,41-32+/t37-,39-,40-,42-,43+,44+,45-,46+,47+,48-,49+,50-,51-,53-,54+,56?,59-/m1/s1. The zero-order valence-electron chi connectivity index (χ0n) is 48.7. The van der Waals surface area contributed by atoms with Crippen LogP contribution in [-0.4, -0.2) is 194 Å². The molecule has 20 nitrogen and oxygen atoms in total. The molecular formula is C59H99N3O17. The number of nitrogens with zero attached hydrogens (tertiary/aromatic N) is 1. The average Bonchev–Trinajstić information content (AvgIpc) is 3.52. The number of methoxy groups -OCH3 is 2. The smallest absolute Gasteiger partial charge is 0.407 e. The molecule has 8 N–H and O–H groups in total. The Labute approximate surface area is 469 Å². The van der Waals surface area contributed by atoms with Crippen LogP contribution >= 0.6 is 0 Å². The highest BCUT2D eigenvalue weighted by atomic mass is 16.6. The minimum absolute atomic E-state index is 0.0289. The first-order valence-electron chi connectivity index (χ1n) is 29.0. The molecule has 0 spiro atoms. The van der Waals surface area contributed by atoms with Crippen molar-refractivity contribution in [3.8, 4) is 0 Å². The summed E-state index contributed by atoms with van der Waals surface area (Å²) in [5.41, 5.74) is 7.87. The Hall–Kier alpha value is -3.48. The van der Waals surface area contributed by atoms with Crippen molar-refractivity contribution in [1.82, 2.24) is 10.2 Å². The number of carbonyl (C=O) groups is 4. The predicted molar refractivity (Wildman–Crippen MR) is 296 cm³/mol. The van der Waals surface area contributed by atoms with Crippen LogP contribution in [0.4, 0.5) is 4.79 Å². The number of rotatable bonds is 19. The maximum atomic E-state index is 14.6. The average molecular weight is 1120 g/mol. The number of hydrogen-bond donors (Lipinski definition) is 7. The number of aliphatic hydroxyl groups excluding tert-OH is 4. The third kappa shape index (κ3) is 21.3. The number of Topliss-reactive ketones (excluding diaryl/α,β-unsaturated/α-hetero) is 2. The van der Waals surface area contributed by atoms with Crippen molar-refractivity contribution in [1.29, 1.82) is 0 Å². The molecule has 4 aliphatic rings. The van der Waals surface area contributed by atoms with Gasteiger partial charge in [0.15, 0.2) is 12.0 Å². The fraction of sp³-hybridized carbons (Fsp3) is 0.797. The number of fused-ring (bicyclic) bond motifs is 3. The van der Waals surface area contributed by atoms with Crippen molar-refractivity contribution in [3.63, 3.8) is 0 Å². The van der Waals surface area contributed by atoms with E-state index in [2.05, 4.69) is 5.32 Å². The van der Waals surface area contributed by atoms with Gasteiger partial charge in [0.25, 0.3) is 0 Å². The first-order valence-corrected chi connectivity index (χ1v) is 29.0. The van der Waals surface area contributed by atoms with E-state index in [1.54, 1.807) is 48.0 Å². The number of aliphatic hydroxyl groups is 5. The second-order valence-electron chi connectivity index (χ2n) is 22.6. The van der Waals surface area contributed by atoms with Gasteiger partial charge in [0.2, 0.25) is 11.6 Å². The summed E-state index contributed by atoms with van der Waals surface area (Å²) in [6.45, 7) is 15.7. The Kier molecular flexibility index (Phi) is 30.0. The number of allylic oxidation sites excluding steroid dienone is 5. The molecule has 1 amide bonds. The van der Waals surface area contributed by atoms with Gasteiger partial charge < -0.3 is 74.5 Å². The van der Waals surface area contributed by atoms with Crippen molar-refractivity contribution in [2.75, 3.05) is 67.0 Å². The van der Waals surface area contributed by atoms with Crippen molar-refractivity contribution in [3.05, 3.63) is 47.6 Å². The summed E-state index contributed by atoms with van der Waals surface area (Å²) in [5.74, 6) is -6.78. The highest BCUT2D eigenvalue weighted by Crippen LogP contribution is 2.38. The van der Waals surface area contributed by atoms with Gasteiger partial charge in [-0.1, -0.05) is 77.5 Å². The Morgan fingerprint density at radius 3 is 2.20 bits per heavy atom. The molecule has 0 aromatic rings. The summed E-state index contributed by atoms with van der Waals surface area (Å²) in [4.78, 5) is 56.6. The molecular weight excluding hydrogens is 1020 g/mol. The molecule has 1 saturated carbocycles. The molecule has 17 atom stereocenters. The van der Waals surface area contributed by atoms with E-state index >= 15 is 0 Å². The zero-order valence-corrected chi connectivity index (χ0v) is 48.7. The van der Waals surface area contributed by atoms with Crippen molar-refractivity contribution in [2.45, 2.75) is 205 Å². The lowest BCUT2D eigenvalue weighted by atomic mass is 9.80. The predicted octanol–water partition coefficient (Wildman–Crippen LogP) is 5.00. The Morgan fingerprint density at radius 2 is 1.52 bits per heavy atom. The quantitative estimate of drug-likeness (QED) is 0.0509. The molecule has 4 rings (SSSR count). The lowest BCUT2D eigenvalue weighted by molar-refractivity contribution is -0.275.